The molecule has 0 spiro atoms. The van der Waals surface area contributed by atoms with Crippen LogP contribution in [-0.4, -0.2) is 70.2 Å². The fourth-order valence-electron chi connectivity index (χ4n) is 2.90. The van der Waals surface area contributed by atoms with E-state index in [0.29, 0.717) is 0 Å². The molecule has 0 aliphatic carbocycles. The number of nitrogens with zero attached hydrogens (tertiary/aromatic N) is 2. The molecule has 0 radical (unpaired) electrons. The first kappa shape index (κ1) is 27.3. The van der Waals surface area contributed by atoms with E-state index in [-0.39, 0.29) is 5.69 Å². The molecule has 0 amide bonds. The minimum Gasteiger partial charge on any atom is -0.462 e. The van der Waals surface area contributed by atoms with Crippen LogP contribution < -0.4 is 0 Å². The Bertz CT molecular complexity index is 908. The predicted octanol–water partition coefficient (Wildman–Crippen LogP) is 0.506. The molecule has 0 aromatic carbocycles. The van der Waals surface area contributed by atoms with E-state index < -0.39 is 66.8 Å². The number of imidazole rings is 1. The van der Waals surface area contributed by atoms with E-state index in [1.807, 2.05) is 0 Å². The molecule has 1 rings (SSSR count). The van der Waals surface area contributed by atoms with Crippen LogP contribution in [0.1, 0.15) is 58.1 Å². The third-order valence-corrected chi connectivity index (χ3v) is 3.95. The van der Waals surface area contributed by atoms with Crippen molar-refractivity contribution in [2.45, 2.75) is 66.0 Å². The molecule has 182 valence electrons. The van der Waals surface area contributed by atoms with E-state index in [1.54, 1.807) is 0 Å². The smallest absolute Gasteiger partial charge is 0.303 e. The Hall–Kier alpha value is -3.77. The zero-order valence-corrected chi connectivity index (χ0v) is 19.1. The Morgan fingerprint density at radius 2 is 1.27 bits per heavy atom. The van der Waals surface area contributed by atoms with Crippen molar-refractivity contribution in [1.29, 1.82) is 0 Å². The van der Waals surface area contributed by atoms with Crippen LogP contribution in [0.3, 0.4) is 0 Å². The van der Waals surface area contributed by atoms with Gasteiger partial charge in [-0.1, -0.05) is 0 Å². The van der Waals surface area contributed by atoms with Crippen molar-refractivity contribution in [2.75, 3.05) is 6.61 Å². The summed E-state index contributed by atoms with van der Waals surface area (Å²) in [7, 11) is 0. The van der Waals surface area contributed by atoms with Gasteiger partial charge in [-0.05, 0) is 0 Å². The highest BCUT2D eigenvalue weighted by molar-refractivity contribution is 5.77. The van der Waals surface area contributed by atoms with Crippen molar-refractivity contribution < 1.29 is 52.5 Å². The summed E-state index contributed by atoms with van der Waals surface area (Å²) in [5, 5.41) is 0. The molecular weight excluding hydrogens is 444 g/mol. The third kappa shape index (κ3) is 8.71. The number of carbonyl (C=O) groups is 6. The summed E-state index contributed by atoms with van der Waals surface area (Å²) in [4.78, 5) is 74.6. The van der Waals surface area contributed by atoms with Crippen LogP contribution in [0.4, 0.5) is 0 Å². The quantitative estimate of drug-likeness (QED) is 0.344. The summed E-state index contributed by atoms with van der Waals surface area (Å²) in [5.41, 5.74) is -0.0184. The summed E-state index contributed by atoms with van der Waals surface area (Å²) < 4.78 is 27.0. The van der Waals surface area contributed by atoms with Gasteiger partial charge in [-0.15, -0.1) is 0 Å². The maximum atomic E-state index is 12.0. The number of hydrogen-bond donors (Lipinski definition) is 0. The molecule has 0 bridgehead atoms. The maximum Gasteiger partial charge on any atom is 0.303 e. The van der Waals surface area contributed by atoms with Gasteiger partial charge in [0.1, 0.15) is 12.9 Å². The molecule has 1 heterocycles. The number of hydrogen-bond acceptors (Lipinski definition) is 12. The molecule has 13 heteroatoms. The summed E-state index contributed by atoms with van der Waals surface area (Å²) in [5.74, 6) is -4.66. The van der Waals surface area contributed by atoms with Crippen molar-refractivity contribution in [3.63, 3.8) is 0 Å². The van der Waals surface area contributed by atoms with Gasteiger partial charge in [0.25, 0.3) is 0 Å². The van der Waals surface area contributed by atoms with Gasteiger partial charge in [0.15, 0.2) is 24.4 Å². The number of esters is 5. The van der Waals surface area contributed by atoms with Crippen molar-refractivity contribution >= 4 is 35.8 Å². The molecule has 0 N–H and O–H groups in total. The van der Waals surface area contributed by atoms with Crippen molar-refractivity contribution in [3.05, 3.63) is 18.2 Å². The van der Waals surface area contributed by atoms with Gasteiger partial charge in [0, 0.05) is 41.5 Å². The largest absolute Gasteiger partial charge is 0.462 e. The highest BCUT2D eigenvalue weighted by atomic mass is 16.6. The average molecular weight is 470 g/mol. The lowest BCUT2D eigenvalue weighted by Crippen LogP contribution is -2.50. The minimum absolute atomic E-state index is 0.0184. The van der Waals surface area contributed by atoms with Gasteiger partial charge in [0.05, 0.1) is 11.9 Å². The summed E-state index contributed by atoms with van der Waals surface area (Å²) in [6.07, 6.45) is -3.92. The van der Waals surface area contributed by atoms with Gasteiger partial charge < -0.3 is 23.7 Å². The summed E-state index contributed by atoms with van der Waals surface area (Å²) in [6, 6.07) is 0. The summed E-state index contributed by atoms with van der Waals surface area (Å²) >= 11 is 0. The van der Waals surface area contributed by atoms with E-state index in [2.05, 4.69) is 4.98 Å². The SMILES string of the molecule is CC(=O)OC[C@@H](OC(C)=O)[C@@H](OC(C)=O)[C@@H](OC(C)=O)[C@H](OC(C)=O)c1cncn1C(C)=O. The van der Waals surface area contributed by atoms with Gasteiger partial charge in [-0.2, -0.15) is 0 Å². The van der Waals surface area contributed by atoms with Crippen molar-refractivity contribution in [2.24, 2.45) is 0 Å². The molecule has 0 aliphatic heterocycles. The fraction of sp³-hybridized carbons (Fsp3) is 0.550. The monoisotopic (exact) mass is 470 g/mol. The molecule has 1 aromatic heterocycles. The predicted molar refractivity (Wildman–Crippen MR) is 106 cm³/mol. The molecule has 0 aliphatic rings. The Morgan fingerprint density at radius 3 is 1.73 bits per heavy atom. The van der Waals surface area contributed by atoms with Crippen LogP contribution in [0.5, 0.6) is 0 Å². The minimum atomic E-state index is -1.63. The van der Waals surface area contributed by atoms with E-state index >= 15 is 0 Å². The maximum absolute atomic E-state index is 12.0. The number of rotatable bonds is 10. The fourth-order valence-corrected chi connectivity index (χ4v) is 2.90. The normalized spacial score (nSPS) is 14.1. The van der Waals surface area contributed by atoms with Crippen LogP contribution in [0.15, 0.2) is 12.5 Å². The number of ether oxygens (including phenoxy) is 5. The standard InChI is InChI=1S/C20H26N2O11/c1-10(23)22-9-21-7-16(22)18(31-13(4)26)20(33-15(6)28)19(32-14(5)27)17(30-12(3)25)8-29-11(2)24/h7,9,17-20H,8H2,1-6H3/t17-,18-,19-,20+/m1/s1. The second-order valence-electron chi connectivity index (χ2n) is 6.84. The first-order valence-electron chi connectivity index (χ1n) is 9.68. The highest BCUT2D eigenvalue weighted by Gasteiger charge is 2.45. The van der Waals surface area contributed by atoms with Crippen molar-refractivity contribution in [3.8, 4) is 0 Å². The Balaban J connectivity index is 3.67. The lowest BCUT2D eigenvalue weighted by Gasteiger charge is -2.35. The summed E-state index contributed by atoms with van der Waals surface area (Å²) in [6.45, 7) is 5.93. The van der Waals surface area contributed by atoms with Gasteiger partial charge >= 0.3 is 29.8 Å². The molecule has 33 heavy (non-hydrogen) atoms. The Kier molecular flexibility index (Phi) is 10.2. The Labute approximate surface area is 189 Å². The molecule has 0 unspecified atom stereocenters. The molecule has 1 aromatic rings. The van der Waals surface area contributed by atoms with Gasteiger partial charge in [0.2, 0.25) is 5.91 Å². The second kappa shape index (κ2) is 12.3. The molecule has 13 nitrogen and oxygen atoms in total. The average Bonchev–Trinajstić information content (AvgIpc) is 3.15. The third-order valence-electron chi connectivity index (χ3n) is 3.95. The first-order valence-corrected chi connectivity index (χ1v) is 9.68. The zero-order valence-electron chi connectivity index (χ0n) is 19.1. The number of carbonyl (C=O) groups excluding carboxylic acids is 6. The van der Waals surface area contributed by atoms with Crippen LogP contribution in [0.2, 0.25) is 0 Å². The lowest BCUT2D eigenvalue weighted by atomic mass is 9.99. The van der Waals surface area contributed by atoms with E-state index in [1.165, 1.54) is 13.1 Å². The van der Waals surface area contributed by atoms with E-state index in [0.717, 1.165) is 45.5 Å². The molecule has 4 atom stereocenters. The van der Waals surface area contributed by atoms with Crippen LogP contribution in [0.25, 0.3) is 0 Å². The topological polar surface area (TPSA) is 166 Å². The molecular formula is C20H26N2O11. The van der Waals surface area contributed by atoms with Crippen molar-refractivity contribution in [1.82, 2.24) is 9.55 Å². The van der Waals surface area contributed by atoms with Crippen LogP contribution >= 0.6 is 0 Å². The van der Waals surface area contributed by atoms with Crippen LogP contribution in [0, 0.1) is 0 Å². The highest BCUT2D eigenvalue weighted by Crippen LogP contribution is 2.30. The first-order chi connectivity index (χ1) is 15.3. The molecule has 0 saturated heterocycles. The van der Waals surface area contributed by atoms with Gasteiger partial charge in [-0.3, -0.25) is 33.3 Å². The zero-order chi connectivity index (χ0) is 25.3. The Morgan fingerprint density at radius 1 is 0.758 bits per heavy atom. The molecule has 0 saturated carbocycles. The second-order valence-corrected chi connectivity index (χ2v) is 6.84. The van der Waals surface area contributed by atoms with E-state index in [4.69, 9.17) is 23.7 Å². The lowest BCUT2D eigenvalue weighted by molar-refractivity contribution is -0.203. The number of aromatic nitrogens is 2. The van der Waals surface area contributed by atoms with Crippen LogP contribution in [-0.2, 0) is 47.7 Å². The van der Waals surface area contributed by atoms with Gasteiger partial charge in [-0.25, -0.2) is 4.98 Å². The van der Waals surface area contributed by atoms with E-state index in [9.17, 15) is 28.8 Å². The molecule has 0 fully saturated rings.